The smallest absolute Gasteiger partial charge is 0.317 e. The summed E-state index contributed by atoms with van der Waals surface area (Å²) in [5, 5.41) is 10.6. The molecule has 1 aromatic carbocycles. The molecule has 5 heteroatoms. The van der Waals surface area contributed by atoms with Gasteiger partial charge < -0.3 is 10.6 Å². The van der Waals surface area contributed by atoms with Crippen LogP contribution in [-0.2, 0) is 0 Å². The van der Waals surface area contributed by atoms with E-state index < -0.39 is 0 Å². The first-order valence-electron chi connectivity index (χ1n) is 5.81. The second-order valence-corrected chi connectivity index (χ2v) is 4.86. The average Bonchev–Trinajstić information content (AvgIpc) is 2.68. The summed E-state index contributed by atoms with van der Waals surface area (Å²) in [4.78, 5) is 11.2. The molecule has 2 N–H and O–H groups in total. The van der Waals surface area contributed by atoms with Crippen LogP contribution in [0.15, 0.2) is 12.1 Å². The van der Waals surface area contributed by atoms with Crippen molar-refractivity contribution in [3.63, 3.8) is 0 Å². The van der Waals surface area contributed by atoms with E-state index in [9.17, 15) is 4.79 Å². The molecule has 17 heavy (non-hydrogen) atoms. The molecule has 0 unspecified atom stereocenters. The highest BCUT2D eigenvalue weighted by atomic mass is 35.5. The molecule has 1 fully saturated rings. The molecule has 0 saturated carbocycles. The highest BCUT2D eigenvalue weighted by molar-refractivity contribution is 6.32. The first kappa shape index (κ1) is 10.9. The van der Waals surface area contributed by atoms with Gasteiger partial charge in [0, 0.05) is 5.02 Å². The lowest BCUT2D eigenvalue weighted by Crippen LogP contribution is -2.26. The van der Waals surface area contributed by atoms with E-state index in [4.69, 9.17) is 11.6 Å². The molecule has 2 aliphatic heterocycles. The molecule has 0 spiro atoms. The maximum atomic E-state index is 11.2. The van der Waals surface area contributed by atoms with Gasteiger partial charge in [-0.2, -0.15) is 5.32 Å². The topological polar surface area (TPSA) is 55.2 Å². The fourth-order valence-corrected chi connectivity index (χ4v) is 2.78. The number of hydrogen-bond acceptors (Lipinski definition) is 2. The summed E-state index contributed by atoms with van der Waals surface area (Å²) >= 11 is 6.27. The van der Waals surface area contributed by atoms with Crippen molar-refractivity contribution < 1.29 is 4.79 Å². The first-order valence-corrected chi connectivity index (χ1v) is 6.19. The zero-order valence-corrected chi connectivity index (χ0v) is 10.0. The molecule has 1 saturated heterocycles. The maximum absolute atomic E-state index is 11.2. The predicted octanol–water partition coefficient (Wildman–Crippen LogP) is 2.59. The molecule has 4 nitrogen and oxygen atoms in total. The molecule has 0 aliphatic carbocycles. The highest BCUT2D eigenvalue weighted by Crippen LogP contribution is 2.38. The number of halogens is 1. The lowest BCUT2D eigenvalue weighted by atomic mass is 9.90. The zero-order chi connectivity index (χ0) is 11.8. The molecule has 2 amide bonds. The Morgan fingerprint density at radius 2 is 2.06 bits per heavy atom. The van der Waals surface area contributed by atoms with Crippen LogP contribution >= 0.6 is 11.6 Å². The van der Waals surface area contributed by atoms with Gasteiger partial charge in [-0.3, -0.25) is 0 Å². The van der Waals surface area contributed by atoms with E-state index in [1.165, 1.54) is 0 Å². The summed E-state index contributed by atoms with van der Waals surface area (Å²) in [6, 6.07) is 3.45. The third-order valence-corrected chi connectivity index (χ3v) is 3.68. The fourth-order valence-electron chi connectivity index (χ4n) is 2.47. The molecule has 0 bridgehead atoms. The Morgan fingerprint density at radius 1 is 1.29 bits per heavy atom. The minimum Gasteiger partial charge on any atom is -0.317 e. The van der Waals surface area contributed by atoms with Crippen molar-refractivity contribution in [3.8, 4) is 0 Å². The van der Waals surface area contributed by atoms with E-state index >= 15 is 0 Å². The Bertz CT molecular complexity index is 469. The molecule has 1 radical (unpaired) electrons. The number of piperidine rings is 1. The van der Waals surface area contributed by atoms with Crippen LogP contribution in [0.2, 0.25) is 5.02 Å². The quantitative estimate of drug-likeness (QED) is 0.805. The van der Waals surface area contributed by atoms with Gasteiger partial charge in [0.15, 0.2) is 0 Å². The lowest BCUT2D eigenvalue weighted by molar-refractivity contribution is 0.256. The van der Waals surface area contributed by atoms with Crippen molar-refractivity contribution in [2.24, 2.45) is 0 Å². The third kappa shape index (κ3) is 1.98. The minimum absolute atomic E-state index is 0.307. The number of rotatable bonds is 1. The zero-order valence-electron chi connectivity index (χ0n) is 9.29. The van der Waals surface area contributed by atoms with Gasteiger partial charge in [0.25, 0.3) is 0 Å². The monoisotopic (exact) mass is 250 g/mol. The van der Waals surface area contributed by atoms with Crippen molar-refractivity contribution in [2.45, 2.75) is 18.8 Å². The van der Waals surface area contributed by atoms with Crippen LogP contribution in [-0.4, -0.2) is 19.1 Å². The van der Waals surface area contributed by atoms with Gasteiger partial charge >= 0.3 is 6.03 Å². The number of nitrogens with one attached hydrogen (secondary N) is 2. The predicted molar refractivity (Wildman–Crippen MR) is 67.1 cm³/mol. The van der Waals surface area contributed by atoms with E-state index in [0.29, 0.717) is 11.6 Å². The largest absolute Gasteiger partial charge is 0.346 e. The number of urea groups is 1. The van der Waals surface area contributed by atoms with Crippen molar-refractivity contribution in [1.29, 1.82) is 0 Å². The van der Waals surface area contributed by atoms with Crippen LogP contribution in [0.4, 0.5) is 16.2 Å². The number of fused-ring (bicyclic) bond motifs is 1. The molecule has 3 rings (SSSR count). The molecular weight excluding hydrogens is 238 g/mol. The van der Waals surface area contributed by atoms with E-state index in [-0.39, 0.29) is 6.03 Å². The highest BCUT2D eigenvalue weighted by Gasteiger charge is 2.24. The van der Waals surface area contributed by atoms with Gasteiger partial charge in [-0.1, -0.05) is 11.6 Å². The number of nitrogens with zero attached hydrogens (tertiary/aromatic N) is 1. The van der Waals surface area contributed by atoms with E-state index in [1.54, 1.807) is 6.07 Å². The Hall–Kier alpha value is -1.26. The molecule has 2 heterocycles. The molecular formula is C12H13ClN3O. The molecule has 0 aromatic heterocycles. The number of benzene rings is 1. The van der Waals surface area contributed by atoms with Crippen LogP contribution < -0.4 is 16.0 Å². The normalized spacial score (nSPS) is 19.7. The van der Waals surface area contributed by atoms with Crippen LogP contribution in [0, 0.1) is 0 Å². The molecule has 1 aromatic rings. The lowest BCUT2D eigenvalue weighted by Gasteiger charge is -2.24. The summed E-state index contributed by atoms with van der Waals surface area (Å²) in [6.07, 6.45) is 2.17. The Labute approximate surface area is 105 Å². The number of carbonyl (C=O) groups excluding carboxylic acids is 1. The van der Waals surface area contributed by atoms with E-state index in [0.717, 1.165) is 42.2 Å². The Balaban J connectivity index is 1.95. The minimum atomic E-state index is -0.307. The Morgan fingerprint density at radius 3 is 2.82 bits per heavy atom. The standard InChI is InChI=1S/C12H13ClN3O/c13-9-6-11-10(15-12(17)16-11)5-8(9)7-1-3-14-4-2-7/h5-7,14H,1-4H2,(H,15,17). The summed E-state index contributed by atoms with van der Waals surface area (Å²) in [5.41, 5.74) is 2.56. The molecule has 0 atom stereocenters. The second kappa shape index (κ2) is 4.20. The fraction of sp³-hybridized carbons (Fsp3) is 0.417. The number of hydrogen-bond donors (Lipinski definition) is 2. The van der Waals surface area contributed by atoms with Crippen LogP contribution in [0.5, 0.6) is 0 Å². The van der Waals surface area contributed by atoms with Gasteiger partial charge in [0.05, 0.1) is 11.4 Å². The van der Waals surface area contributed by atoms with E-state index in [2.05, 4.69) is 16.0 Å². The van der Waals surface area contributed by atoms with E-state index in [1.807, 2.05) is 6.07 Å². The van der Waals surface area contributed by atoms with Crippen LogP contribution in [0.3, 0.4) is 0 Å². The van der Waals surface area contributed by atoms with Crippen LogP contribution in [0.1, 0.15) is 24.3 Å². The summed E-state index contributed by atoms with van der Waals surface area (Å²) in [6.45, 7) is 2.05. The second-order valence-electron chi connectivity index (χ2n) is 4.46. The average molecular weight is 251 g/mol. The van der Waals surface area contributed by atoms with Gasteiger partial charge in [0.2, 0.25) is 0 Å². The van der Waals surface area contributed by atoms with Crippen molar-refractivity contribution in [3.05, 3.63) is 22.7 Å². The summed E-state index contributed by atoms with van der Waals surface area (Å²) in [5.74, 6) is 0.478. The van der Waals surface area contributed by atoms with Gasteiger partial charge in [-0.25, -0.2) is 4.79 Å². The van der Waals surface area contributed by atoms with Crippen LogP contribution in [0.25, 0.3) is 0 Å². The first-order chi connectivity index (χ1) is 8.24. The van der Waals surface area contributed by atoms with Crippen molar-refractivity contribution in [2.75, 3.05) is 18.4 Å². The number of anilines is 1. The van der Waals surface area contributed by atoms with Gasteiger partial charge in [0.1, 0.15) is 0 Å². The Kier molecular flexibility index (Phi) is 2.68. The number of amides is 2. The van der Waals surface area contributed by atoms with Gasteiger partial charge in [-0.05, 0) is 49.5 Å². The maximum Gasteiger partial charge on any atom is 0.346 e. The summed E-state index contributed by atoms with van der Waals surface area (Å²) in [7, 11) is 0. The van der Waals surface area contributed by atoms with Gasteiger partial charge in [-0.15, -0.1) is 0 Å². The summed E-state index contributed by atoms with van der Waals surface area (Å²) < 4.78 is 0. The molecule has 2 aliphatic rings. The van der Waals surface area contributed by atoms with Crippen molar-refractivity contribution in [1.82, 2.24) is 10.6 Å². The molecule has 89 valence electrons. The number of carbonyl (C=O) groups is 1. The SMILES string of the molecule is O=C1[N]c2cc(Cl)c(C3CCNCC3)cc2N1. The third-order valence-electron chi connectivity index (χ3n) is 3.36. The van der Waals surface area contributed by atoms with Crippen molar-refractivity contribution >= 4 is 29.0 Å².